The van der Waals surface area contributed by atoms with Crippen LogP contribution in [0, 0.1) is 5.82 Å². The summed E-state index contributed by atoms with van der Waals surface area (Å²) in [6.07, 6.45) is -5.06. The molecule has 96 valence electrons. The Morgan fingerprint density at radius 2 is 1.94 bits per heavy atom. The molecule has 1 unspecified atom stereocenters. The molecule has 0 saturated heterocycles. The second kappa shape index (κ2) is 4.50. The fourth-order valence-corrected chi connectivity index (χ4v) is 1.34. The van der Waals surface area contributed by atoms with Gasteiger partial charge >= 0.3 is 6.18 Å². The highest BCUT2D eigenvalue weighted by atomic mass is 19.4. The normalized spacial score (nSPS) is 15.5. The summed E-state index contributed by atoms with van der Waals surface area (Å²) in [5.74, 6) is -1.18. The predicted octanol–water partition coefficient (Wildman–Crippen LogP) is 1.54. The first-order valence-corrected chi connectivity index (χ1v) is 4.59. The molecule has 0 aliphatic carbocycles. The first-order valence-electron chi connectivity index (χ1n) is 4.59. The molecule has 1 aromatic rings. The third kappa shape index (κ3) is 2.34. The average molecular weight is 253 g/mol. The van der Waals surface area contributed by atoms with Crippen LogP contribution >= 0.6 is 0 Å². The molecule has 0 bridgehead atoms. The minimum Gasteiger partial charge on any atom is -0.497 e. The minimum absolute atomic E-state index is 0.0489. The largest absolute Gasteiger partial charge is 0.497 e. The summed E-state index contributed by atoms with van der Waals surface area (Å²) in [4.78, 5) is 0. The summed E-state index contributed by atoms with van der Waals surface area (Å²) >= 11 is 0. The van der Waals surface area contributed by atoms with Gasteiger partial charge in [-0.1, -0.05) is 0 Å². The maximum absolute atomic E-state index is 13.5. The van der Waals surface area contributed by atoms with Gasteiger partial charge in [-0.3, -0.25) is 0 Å². The Morgan fingerprint density at radius 1 is 1.35 bits per heavy atom. The van der Waals surface area contributed by atoms with E-state index < -0.39 is 29.7 Å². The first kappa shape index (κ1) is 13.7. The van der Waals surface area contributed by atoms with Gasteiger partial charge < -0.3 is 15.6 Å². The highest BCUT2D eigenvalue weighted by Crippen LogP contribution is 2.39. The Bertz CT molecular complexity index is 408. The van der Waals surface area contributed by atoms with Crippen molar-refractivity contribution in [1.82, 2.24) is 0 Å². The van der Waals surface area contributed by atoms with E-state index in [1.165, 1.54) is 7.11 Å². The van der Waals surface area contributed by atoms with E-state index >= 15 is 0 Å². The van der Waals surface area contributed by atoms with E-state index in [1.54, 1.807) is 0 Å². The first-order chi connectivity index (χ1) is 7.76. The fraction of sp³-hybridized carbons (Fsp3) is 0.400. The maximum Gasteiger partial charge on any atom is 0.422 e. The van der Waals surface area contributed by atoms with Gasteiger partial charge in [0.2, 0.25) is 5.60 Å². The molecule has 0 fully saturated rings. The molecule has 0 aromatic heterocycles. The van der Waals surface area contributed by atoms with Crippen molar-refractivity contribution in [3.8, 4) is 5.75 Å². The number of alkyl halides is 3. The van der Waals surface area contributed by atoms with Crippen LogP contribution in [0.1, 0.15) is 5.56 Å². The molecule has 0 aliphatic rings. The Balaban J connectivity index is 3.31. The van der Waals surface area contributed by atoms with Crippen LogP contribution in [0.15, 0.2) is 18.2 Å². The summed E-state index contributed by atoms with van der Waals surface area (Å²) in [6, 6.07) is 2.67. The number of ether oxygens (including phenoxy) is 1. The molecule has 7 heteroatoms. The number of hydrogen-bond donors (Lipinski definition) is 2. The van der Waals surface area contributed by atoms with Gasteiger partial charge in [0, 0.05) is 18.2 Å². The summed E-state index contributed by atoms with van der Waals surface area (Å²) in [7, 11) is 1.24. The lowest BCUT2D eigenvalue weighted by Crippen LogP contribution is -2.48. The monoisotopic (exact) mass is 253 g/mol. The lowest BCUT2D eigenvalue weighted by molar-refractivity contribution is -0.263. The molecule has 0 saturated carbocycles. The molecule has 0 heterocycles. The number of hydrogen-bond acceptors (Lipinski definition) is 3. The van der Waals surface area contributed by atoms with Crippen molar-refractivity contribution >= 4 is 0 Å². The van der Waals surface area contributed by atoms with Gasteiger partial charge in [-0.15, -0.1) is 0 Å². The van der Waals surface area contributed by atoms with Crippen molar-refractivity contribution in [3.05, 3.63) is 29.6 Å². The molecule has 0 radical (unpaired) electrons. The zero-order valence-electron chi connectivity index (χ0n) is 8.88. The molecule has 3 nitrogen and oxygen atoms in total. The van der Waals surface area contributed by atoms with Crippen molar-refractivity contribution in [2.45, 2.75) is 11.8 Å². The summed E-state index contributed by atoms with van der Waals surface area (Å²) in [5.41, 5.74) is 0.574. The van der Waals surface area contributed by atoms with E-state index in [-0.39, 0.29) is 5.75 Å². The Hall–Kier alpha value is -1.34. The lowest BCUT2D eigenvalue weighted by atomic mass is 9.92. The zero-order valence-corrected chi connectivity index (χ0v) is 8.88. The topological polar surface area (TPSA) is 55.5 Å². The minimum atomic E-state index is -5.06. The Kier molecular flexibility index (Phi) is 3.63. The van der Waals surface area contributed by atoms with E-state index in [4.69, 9.17) is 5.73 Å². The Labute approximate surface area is 94.8 Å². The number of benzene rings is 1. The van der Waals surface area contributed by atoms with E-state index in [1.807, 2.05) is 0 Å². The van der Waals surface area contributed by atoms with E-state index in [2.05, 4.69) is 4.74 Å². The van der Waals surface area contributed by atoms with Crippen molar-refractivity contribution in [2.75, 3.05) is 13.7 Å². The van der Waals surface area contributed by atoms with Gasteiger partial charge in [0.15, 0.2) is 0 Å². The maximum atomic E-state index is 13.5. The zero-order chi connectivity index (χ0) is 13.3. The van der Waals surface area contributed by atoms with Gasteiger partial charge in [0.05, 0.1) is 7.11 Å². The predicted molar refractivity (Wildman–Crippen MR) is 52.0 cm³/mol. The number of rotatable bonds is 3. The van der Waals surface area contributed by atoms with Crippen LogP contribution in [-0.4, -0.2) is 24.9 Å². The van der Waals surface area contributed by atoms with E-state index in [9.17, 15) is 22.7 Å². The standard InChI is InChI=1S/C10H11F4NO2/c1-17-6-2-3-7(8(11)4-6)9(16,5-15)10(12,13)14/h2-4,16H,5,15H2,1H3. The highest BCUT2D eigenvalue weighted by Gasteiger charge is 2.55. The fourth-order valence-electron chi connectivity index (χ4n) is 1.34. The SMILES string of the molecule is COc1ccc(C(O)(CN)C(F)(F)F)c(F)c1. The number of nitrogens with two attached hydrogens (primary N) is 1. The van der Waals surface area contributed by atoms with Gasteiger partial charge in [0.1, 0.15) is 11.6 Å². The van der Waals surface area contributed by atoms with Crippen molar-refractivity contribution in [2.24, 2.45) is 5.73 Å². The third-order valence-corrected chi connectivity index (χ3v) is 2.39. The van der Waals surface area contributed by atoms with Gasteiger partial charge in [0.25, 0.3) is 0 Å². The van der Waals surface area contributed by atoms with E-state index in [0.29, 0.717) is 0 Å². The van der Waals surface area contributed by atoms with Crippen LogP contribution in [0.3, 0.4) is 0 Å². The van der Waals surface area contributed by atoms with E-state index in [0.717, 1.165) is 18.2 Å². The molecule has 1 aromatic carbocycles. The van der Waals surface area contributed by atoms with Crippen molar-refractivity contribution in [1.29, 1.82) is 0 Å². The van der Waals surface area contributed by atoms with Crippen molar-refractivity contribution in [3.63, 3.8) is 0 Å². The molecular weight excluding hydrogens is 242 g/mol. The second-order valence-electron chi connectivity index (χ2n) is 3.41. The molecule has 0 amide bonds. The van der Waals surface area contributed by atoms with Crippen molar-refractivity contribution < 1.29 is 27.4 Å². The molecule has 1 rings (SSSR count). The van der Waals surface area contributed by atoms with Crippen LogP contribution in [0.2, 0.25) is 0 Å². The molecule has 17 heavy (non-hydrogen) atoms. The van der Waals surface area contributed by atoms with Crippen LogP contribution in [0.4, 0.5) is 17.6 Å². The van der Waals surface area contributed by atoms with Crippen LogP contribution in [0.5, 0.6) is 5.75 Å². The summed E-state index contributed by atoms with van der Waals surface area (Å²) in [5, 5.41) is 9.44. The van der Waals surface area contributed by atoms with Gasteiger partial charge in [-0.05, 0) is 12.1 Å². The number of aliphatic hydroxyl groups is 1. The smallest absolute Gasteiger partial charge is 0.422 e. The lowest BCUT2D eigenvalue weighted by Gasteiger charge is -2.29. The highest BCUT2D eigenvalue weighted by molar-refractivity contribution is 5.33. The van der Waals surface area contributed by atoms with Gasteiger partial charge in [-0.25, -0.2) is 4.39 Å². The number of methoxy groups -OCH3 is 1. The molecular formula is C10H11F4NO2. The average Bonchev–Trinajstić information content (AvgIpc) is 2.26. The van der Waals surface area contributed by atoms with Gasteiger partial charge in [-0.2, -0.15) is 13.2 Å². The molecule has 3 N–H and O–H groups in total. The van der Waals surface area contributed by atoms with Crippen LogP contribution < -0.4 is 10.5 Å². The molecule has 1 atom stereocenters. The Morgan fingerprint density at radius 3 is 2.29 bits per heavy atom. The third-order valence-electron chi connectivity index (χ3n) is 2.39. The molecule has 0 spiro atoms. The quantitative estimate of drug-likeness (QED) is 0.803. The molecule has 0 aliphatic heterocycles. The summed E-state index contributed by atoms with van der Waals surface area (Å²) < 4.78 is 56.0. The second-order valence-corrected chi connectivity index (χ2v) is 3.41. The summed E-state index contributed by atoms with van der Waals surface area (Å²) in [6.45, 7) is -1.17. The number of halogens is 4. The van der Waals surface area contributed by atoms with Crippen LogP contribution in [-0.2, 0) is 5.60 Å². The van der Waals surface area contributed by atoms with Crippen LogP contribution in [0.25, 0.3) is 0 Å².